The Morgan fingerprint density at radius 1 is 1.06 bits per heavy atom. The standard InChI is InChI=1S/C39H40Cl2FN7O5/c1-48(2)35(52)15-25(50)20-43-17-23-18-45-33-14-22(12-13-49(33)39(23)53)26-6-4-7-27(36(26)40)28-8-5-9-29(37(28)41)32-16-31(42)30(38(47-32)54-3)21-44-19-24-10-11-34(51)46-24/h4-9,12-14,16,18,24-25,43-44,50H,10-11,15,17,19-21H2,1-3H3,(H,46,51)/t24-,25-/m1/s1. The number of fused-ring (bicyclic) bond motifs is 1. The molecular weight excluding hydrogens is 736 g/mol. The third-order valence-corrected chi connectivity index (χ3v) is 10.1. The zero-order chi connectivity index (χ0) is 38.5. The second-order valence-electron chi connectivity index (χ2n) is 13.3. The van der Waals surface area contributed by atoms with Crippen LogP contribution in [0.4, 0.5) is 4.39 Å². The van der Waals surface area contributed by atoms with E-state index in [2.05, 4.69) is 25.9 Å². The van der Waals surface area contributed by atoms with Gasteiger partial charge in [-0.2, -0.15) is 0 Å². The first-order valence-electron chi connectivity index (χ1n) is 17.4. The van der Waals surface area contributed by atoms with E-state index >= 15 is 4.39 Å². The topological polar surface area (TPSA) is 150 Å². The van der Waals surface area contributed by atoms with Crippen LogP contribution in [-0.4, -0.2) is 82.6 Å². The third kappa shape index (κ3) is 8.56. The molecule has 1 aliphatic rings. The number of carbonyl (C=O) groups is 2. The van der Waals surface area contributed by atoms with Gasteiger partial charge in [0, 0.05) is 99.0 Å². The molecule has 0 aliphatic carbocycles. The van der Waals surface area contributed by atoms with Crippen molar-refractivity contribution in [2.24, 2.45) is 0 Å². The van der Waals surface area contributed by atoms with E-state index in [0.29, 0.717) is 62.0 Å². The van der Waals surface area contributed by atoms with Gasteiger partial charge in [0.25, 0.3) is 5.56 Å². The van der Waals surface area contributed by atoms with Crippen LogP contribution in [0.15, 0.2) is 71.8 Å². The van der Waals surface area contributed by atoms with E-state index < -0.39 is 11.9 Å². The highest BCUT2D eigenvalue weighted by Gasteiger charge is 2.22. The highest BCUT2D eigenvalue weighted by Crippen LogP contribution is 2.42. The van der Waals surface area contributed by atoms with Crippen molar-refractivity contribution >= 4 is 40.7 Å². The number of aliphatic hydroxyl groups excluding tert-OH is 1. The van der Waals surface area contributed by atoms with E-state index in [-0.39, 0.29) is 66.6 Å². The van der Waals surface area contributed by atoms with Gasteiger partial charge in [0.2, 0.25) is 17.7 Å². The van der Waals surface area contributed by atoms with E-state index in [1.165, 1.54) is 28.7 Å². The molecule has 0 unspecified atom stereocenters. The normalized spacial score (nSPS) is 14.6. The first-order chi connectivity index (χ1) is 25.9. The zero-order valence-corrected chi connectivity index (χ0v) is 31.5. The lowest BCUT2D eigenvalue weighted by molar-refractivity contribution is -0.130. The summed E-state index contributed by atoms with van der Waals surface area (Å²) in [6.07, 6.45) is 3.41. The molecule has 6 rings (SSSR count). The van der Waals surface area contributed by atoms with Gasteiger partial charge in [0.15, 0.2) is 0 Å². The van der Waals surface area contributed by atoms with Crippen molar-refractivity contribution in [3.8, 4) is 39.4 Å². The molecule has 1 fully saturated rings. The molecule has 3 aromatic heterocycles. The van der Waals surface area contributed by atoms with Gasteiger partial charge in [-0.15, -0.1) is 0 Å². The molecule has 54 heavy (non-hydrogen) atoms. The largest absolute Gasteiger partial charge is 0.481 e. The van der Waals surface area contributed by atoms with Crippen LogP contribution < -0.4 is 26.2 Å². The number of amides is 2. The number of hydrogen-bond donors (Lipinski definition) is 4. The molecule has 2 amide bonds. The molecule has 4 N–H and O–H groups in total. The summed E-state index contributed by atoms with van der Waals surface area (Å²) in [7, 11) is 4.67. The minimum absolute atomic E-state index is 0.00408. The minimum Gasteiger partial charge on any atom is -0.481 e. The van der Waals surface area contributed by atoms with Gasteiger partial charge in [0.05, 0.1) is 40.9 Å². The predicted octanol–water partition coefficient (Wildman–Crippen LogP) is 4.84. The van der Waals surface area contributed by atoms with Gasteiger partial charge in [0.1, 0.15) is 11.5 Å². The number of carbonyl (C=O) groups excluding carboxylic acids is 2. The Kier molecular flexibility index (Phi) is 12.2. The quantitative estimate of drug-likeness (QED) is 0.124. The lowest BCUT2D eigenvalue weighted by atomic mass is 9.97. The van der Waals surface area contributed by atoms with E-state index in [1.807, 2.05) is 24.3 Å². The van der Waals surface area contributed by atoms with Crippen LogP contribution in [0.25, 0.3) is 39.2 Å². The number of ether oxygens (including phenoxy) is 1. The molecular formula is C39H40Cl2FN7O5. The monoisotopic (exact) mass is 775 g/mol. The summed E-state index contributed by atoms with van der Waals surface area (Å²) >= 11 is 14.1. The number of nitrogens with zero attached hydrogens (tertiary/aromatic N) is 4. The Morgan fingerprint density at radius 3 is 2.44 bits per heavy atom. The van der Waals surface area contributed by atoms with Crippen molar-refractivity contribution in [3.63, 3.8) is 0 Å². The first-order valence-corrected chi connectivity index (χ1v) is 18.1. The molecule has 0 radical (unpaired) electrons. The van der Waals surface area contributed by atoms with Crippen molar-refractivity contribution in [1.29, 1.82) is 0 Å². The minimum atomic E-state index is -0.890. The van der Waals surface area contributed by atoms with Crippen molar-refractivity contribution in [3.05, 3.63) is 104 Å². The number of aliphatic hydroxyl groups is 1. The molecule has 15 heteroatoms. The molecule has 0 spiro atoms. The molecule has 5 aromatic rings. The molecule has 282 valence electrons. The Hall–Kier alpha value is -4.92. The van der Waals surface area contributed by atoms with E-state index in [9.17, 15) is 19.5 Å². The fraction of sp³-hybridized carbons (Fsp3) is 0.308. The maximum atomic E-state index is 15.6. The van der Waals surface area contributed by atoms with Crippen LogP contribution in [-0.2, 0) is 22.7 Å². The number of rotatable bonds is 14. The van der Waals surface area contributed by atoms with Crippen LogP contribution in [0, 0.1) is 5.82 Å². The summed E-state index contributed by atoms with van der Waals surface area (Å²) < 4.78 is 22.5. The van der Waals surface area contributed by atoms with Gasteiger partial charge in [-0.3, -0.25) is 18.8 Å². The smallest absolute Gasteiger partial charge is 0.262 e. The third-order valence-electron chi connectivity index (χ3n) is 9.26. The number of pyridine rings is 2. The van der Waals surface area contributed by atoms with Crippen molar-refractivity contribution in [1.82, 2.24) is 35.2 Å². The molecule has 1 saturated heterocycles. The summed E-state index contributed by atoms with van der Waals surface area (Å²) in [5.74, 6) is -0.571. The molecule has 0 saturated carbocycles. The number of benzene rings is 2. The van der Waals surface area contributed by atoms with Crippen molar-refractivity contribution < 1.29 is 23.8 Å². The van der Waals surface area contributed by atoms with Crippen LogP contribution in [0.2, 0.25) is 10.0 Å². The SMILES string of the molecule is COc1nc(-c2cccc(-c3cccc(-c4ccn5c(=O)c(CNC[C@H](O)CC(=O)N(C)C)cnc5c4)c3Cl)c2Cl)cc(F)c1CNC[C@H]1CCC(=O)N1. The number of aromatic nitrogens is 3. The van der Waals surface area contributed by atoms with E-state index in [4.69, 9.17) is 27.9 Å². The molecule has 1 aliphatic heterocycles. The van der Waals surface area contributed by atoms with Crippen LogP contribution in [0.3, 0.4) is 0 Å². The lowest BCUT2D eigenvalue weighted by Gasteiger charge is -2.16. The average Bonchev–Trinajstić information content (AvgIpc) is 3.57. The number of methoxy groups -OCH3 is 1. The summed E-state index contributed by atoms with van der Waals surface area (Å²) in [5, 5.41) is 20.0. The number of halogens is 3. The van der Waals surface area contributed by atoms with Gasteiger partial charge in [-0.05, 0) is 24.1 Å². The van der Waals surface area contributed by atoms with E-state index in [1.54, 1.807) is 44.6 Å². The summed E-state index contributed by atoms with van der Waals surface area (Å²) in [4.78, 5) is 47.1. The second-order valence-corrected chi connectivity index (χ2v) is 14.0. The number of hydrogen-bond acceptors (Lipinski definition) is 9. The Balaban J connectivity index is 1.22. The Bertz CT molecular complexity index is 2270. The van der Waals surface area contributed by atoms with Crippen LogP contribution in [0.5, 0.6) is 5.88 Å². The highest BCUT2D eigenvalue weighted by atomic mass is 35.5. The predicted molar refractivity (Wildman–Crippen MR) is 206 cm³/mol. The van der Waals surface area contributed by atoms with E-state index in [0.717, 1.165) is 6.42 Å². The fourth-order valence-electron chi connectivity index (χ4n) is 6.32. The van der Waals surface area contributed by atoms with Crippen molar-refractivity contribution in [2.45, 2.75) is 44.5 Å². The van der Waals surface area contributed by atoms with Crippen LogP contribution in [0.1, 0.15) is 30.4 Å². The van der Waals surface area contributed by atoms with Gasteiger partial charge in [-0.25, -0.2) is 14.4 Å². The maximum absolute atomic E-state index is 15.6. The molecule has 0 bridgehead atoms. The van der Waals surface area contributed by atoms with Gasteiger partial charge in [-0.1, -0.05) is 59.6 Å². The van der Waals surface area contributed by atoms with Crippen LogP contribution >= 0.6 is 23.2 Å². The van der Waals surface area contributed by atoms with Crippen molar-refractivity contribution in [2.75, 3.05) is 34.3 Å². The summed E-state index contributed by atoms with van der Waals surface area (Å²) in [5.41, 5.74) is 4.20. The fourth-order valence-corrected chi connectivity index (χ4v) is 6.98. The van der Waals surface area contributed by atoms with Gasteiger partial charge < -0.3 is 30.7 Å². The second kappa shape index (κ2) is 17.0. The highest BCUT2D eigenvalue weighted by molar-refractivity contribution is 6.39. The molecule has 4 heterocycles. The maximum Gasteiger partial charge on any atom is 0.262 e. The molecule has 2 atom stereocenters. The lowest BCUT2D eigenvalue weighted by Crippen LogP contribution is -2.35. The zero-order valence-electron chi connectivity index (χ0n) is 30.0. The molecule has 2 aromatic carbocycles. The Morgan fingerprint density at radius 2 is 1.76 bits per heavy atom. The van der Waals surface area contributed by atoms with Gasteiger partial charge >= 0.3 is 0 Å². The average molecular weight is 777 g/mol. The first kappa shape index (κ1) is 38.8. The summed E-state index contributed by atoms with van der Waals surface area (Å²) in [6, 6.07) is 15.7. The number of nitrogens with one attached hydrogen (secondary N) is 3. The molecule has 12 nitrogen and oxygen atoms in total. The Labute approximate surface area is 321 Å². The summed E-state index contributed by atoms with van der Waals surface area (Å²) in [6.45, 7) is 0.954.